The average Bonchev–Trinajstić information content (AvgIpc) is 2.95. The van der Waals surface area contributed by atoms with Gasteiger partial charge < -0.3 is 15.7 Å². The number of hydrogen-bond donors (Lipinski definition) is 3. The highest BCUT2D eigenvalue weighted by atomic mass is 32.1. The number of carbonyl (C=O) groups excluding carboxylic acids is 1. The molecule has 2 rings (SSSR count). The van der Waals surface area contributed by atoms with Gasteiger partial charge in [0, 0.05) is 29.5 Å². The first-order valence-corrected chi connectivity index (χ1v) is 7.30. The number of carboxylic acids is 1. The molecule has 1 aromatic carbocycles. The van der Waals surface area contributed by atoms with Crippen molar-refractivity contribution in [1.82, 2.24) is 5.32 Å². The lowest BCUT2D eigenvalue weighted by Gasteiger charge is -2.06. The SMILES string of the molecule is CNC(=O)Cc1ccc(NCc2cc(C(=O)O)cs2)cc1. The lowest BCUT2D eigenvalue weighted by atomic mass is 10.1. The number of rotatable bonds is 6. The molecule has 0 spiro atoms. The van der Waals surface area contributed by atoms with Crippen LogP contribution in [0.2, 0.25) is 0 Å². The molecule has 0 fully saturated rings. The van der Waals surface area contributed by atoms with Crippen molar-refractivity contribution < 1.29 is 14.7 Å². The van der Waals surface area contributed by atoms with Crippen LogP contribution in [0.4, 0.5) is 5.69 Å². The minimum atomic E-state index is -0.906. The van der Waals surface area contributed by atoms with E-state index in [9.17, 15) is 9.59 Å². The topological polar surface area (TPSA) is 78.4 Å². The summed E-state index contributed by atoms with van der Waals surface area (Å²) in [7, 11) is 1.62. The smallest absolute Gasteiger partial charge is 0.336 e. The van der Waals surface area contributed by atoms with Gasteiger partial charge in [-0.25, -0.2) is 4.79 Å². The van der Waals surface area contributed by atoms with Crippen LogP contribution >= 0.6 is 11.3 Å². The predicted octanol–water partition coefficient (Wildman–Crippen LogP) is 2.35. The molecule has 1 amide bonds. The third kappa shape index (κ3) is 4.32. The number of hydrogen-bond acceptors (Lipinski definition) is 4. The molecule has 0 unspecified atom stereocenters. The van der Waals surface area contributed by atoms with Crippen molar-refractivity contribution in [3.63, 3.8) is 0 Å². The maximum absolute atomic E-state index is 11.3. The number of carbonyl (C=O) groups is 2. The number of benzene rings is 1. The van der Waals surface area contributed by atoms with E-state index in [2.05, 4.69) is 10.6 Å². The van der Waals surface area contributed by atoms with Crippen LogP contribution in [-0.4, -0.2) is 24.0 Å². The largest absolute Gasteiger partial charge is 0.478 e. The molecule has 0 aliphatic carbocycles. The van der Waals surface area contributed by atoms with Crippen LogP contribution in [0.3, 0.4) is 0 Å². The maximum atomic E-state index is 11.3. The highest BCUT2D eigenvalue weighted by molar-refractivity contribution is 7.10. The number of carboxylic acid groups (broad SMARTS) is 1. The molecule has 1 aromatic heterocycles. The van der Waals surface area contributed by atoms with Crippen LogP contribution in [-0.2, 0) is 17.8 Å². The predicted molar refractivity (Wildman–Crippen MR) is 82.8 cm³/mol. The molecule has 5 nitrogen and oxygen atoms in total. The molecule has 6 heteroatoms. The Balaban J connectivity index is 1.91. The quantitative estimate of drug-likeness (QED) is 0.765. The maximum Gasteiger partial charge on any atom is 0.336 e. The highest BCUT2D eigenvalue weighted by Crippen LogP contribution is 2.17. The zero-order valence-electron chi connectivity index (χ0n) is 11.6. The van der Waals surface area contributed by atoms with Crippen LogP contribution < -0.4 is 10.6 Å². The Morgan fingerprint density at radius 3 is 2.52 bits per heavy atom. The number of thiophene rings is 1. The molecule has 2 aromatic rings. The minimum Gasteiger partial charge on any atom is -0.478 e. The first-order chi connectivity index (χ1) is 10.1. The molecule has 0 atom stereocenters. The van der Waals surface area contributed by atoms with Crippen molar-refractivity contribution in [3.05, 3.63) is 51.7 Å². The van der Waals surface area contributed by atoms with Gasteiger partial charge in [0.05, 0.1) is 12.0 Å². The van der Waals surface area contributed by atoms with E-state index in [0.717, 1.165) is 16.1 Å². The number of nitrogens with one attached hydrogen (secondary N) is 2. The molecule has 3 N–H and O–H groups in total. The molecule has 0 aliphatic heterocycles. The summed E-state index contributed by atoms with van der Waals surface area (Å²) < 4.78 is 0. The van der Waals surface area contributed by atoms with Crippen molar-refractivity contribution in [2.24, 2.45) is 0 Å². The van der Waals surface area contributed by atoms with Gasteiger partial charge in [0.25, 0.3) is 0 Å². The van der Waals surface area contributed by atoms with Crippen LogP contribution in [0.1, 0.15) is 20.8 Å². The lowest BCUT2D eigenvalue weighted by molar-refractivity contribution is -0.119. The third-order valence-electron chi connectivity index (χ3n) is 2.96. The molecule has 110 valence electrons. The fourth-order valence-electron chi connectivity index (χ4n) is 1.79. The van der Waals surface area contributed by atoms with Crippen molar-refractivity contribution in [2.45, 2.75) is 13.0 Å². The second-order valence-electron chi connectivity index (χ2n) is 4.51. The van der Waals surface area contributed by atoms with E-state index in [-0.39, 0.29) is 5.91 Å². The van der Waals surface area contributed by atoms with Crippen molar-refractivity contribution in [3.8, 4) is 0 Å². The van der Waals surface area contributed by atoms with Crippen LogP contribution in [0.15, 0.2) is 35.7 Å². The Bertz CT molecular complexity index is 635. The van der Waals surface area contributed by atoms with Gasteiger partial charge in [0.15, 0.2) is 0 Å². The van der Waals surface area contributed by atoms with Gasteiger partial charge in [0.2, 0.25) is 5.91 Å². The molecule has 0 radical (unpaired) electrons. The Hall–Kier alpha value is -2.34. The van der Waals surface area contributed by atoms with Crippen molar-refractivity contribution >= 4 is 28.9 Å². The number of amides is 1. The number of anilines is 1. The van der Waals surface area contributed by atoms with Crippen LogP contribution in [0, 0.1) is 0 Å². The zero-order chi connectivity index (χ0) is 15.2. The van der Waals surface area contributed by atoms with E-state index in [1.165, 1.54) is 11.3 Å². The second kappa shape index (κ2) is 6.90. The van der Waals surface area contributed by atoms with E-state index in [0.29, 0.717) is 18.5 Å². The highest BCUT2D eigenvalue weighted by Gasteiger charge is 2.06. The Morgan fingerprint density at radius 2 is 1.95 bits per heavy atom. The number of likely N-dealkylation sites (N-methyl/N-ethyl adjacent to an activating group) is 1. The Kier molecular flexibility index (Phi) is 4.94. The van der Waals surface area contributed by atoms with Crippen LogP contribution in [0.5, 0.6) is 0 Å². The summed E-state index contributed by atoms with van der Waals surface area (Å²) in [5, 5.41) is 16.3. The molecule has 21 heavy (non-hydrogen) atoms. The minimum absolute atomic E-state index is 0.0181. The molecule has 0 saturated carbocycles. The summed E-state index contributed by atoms with van der Waals surface area (Å²) in [6.45, 7) is 0.576. The summed E-state index contributed by atoms with van der Waals surface area (Å²) >= 11 is 1.42. The van der Waals surface area contributed by atoms with Crippen LogP contribution in [0.25, 0.3) is 0 Å². The monoisotopic (exact) mass is 304 g/mol. The fourth-order valence-corrected chi connectivity index (χ4v) is 2.59. The second-order valence-corrected chi connectivity index (χ2v) is 5.50. The Morgan fingerprint density at radius 1 is 1.24 bits per heavy atom. The van der Waals surface area contributed by atoms with Gasteiger partial charge in [-0.2, -0.15) is 0 Å². The standard InChI is InChI=1S/C15H16N2O3S/c1-16-14(18)6-10-2-4-12(5-3-10)17-8-13-7-11(9-21-13)15(19)20/h2-5,7,9,17H,6,8H2,1H3,(H,16,18)(H,19,20). The van der Waals surface area contributed by atoms with Gasteiger partial charge in [0.1, 0.15) is 0 Å². The summed E-state index contributed by atoms with van der Waals surface area (Å²) in [5.74, 6) is -0.924. The molecule has 0 saturated heterocycles. The normalized spacial score (nSPS) is 10.1. The van der Waals surface area contributed by atoms with E-state index in [4.69, 9.17) is 5.11 Å². The summed E-state index contributed by atoms with van der Waals surface area (Å²) in [5.41, 5.74) is 2.20. The Labute approximate surface area is 126 Å². The van der Waals surface area contributed by atoms with E-state index < -0.39 is 5.97 Å². The first kappa shape index (κ1) is 15.1. The first-order valence-electron chi connectivity index (χ1n) is 6.42. The van der Waals surface area contributed by atoms with Crippen molar-refractivity contribution in [1.29, 1.82) is 0 Å². The summed E-state index contributed by atoms with van der Waals surface area (Å²) in [6.07, 6.45) is 0.365. The van der Waals surface area contributed by atoms with Gasteiger partial charge in [-0.1, -0.05) is 12.1 Å². The van der Waals surface area contributed by atoms with E-state index in [1.54, 1.807) is 18.5 Å². The van der Waals surface area contributed by atoms with Gasteiger partial charge in [-0.05, 0) is 23.8 Å². The van der Waals surface area contributed by atoms with Crippen molar-refractivity contribution in [2.75, 3.05) is 12.4 Å². The zero-order valence-corrected chi connectivity index (χ0v) is 12.4. The van der Waals surface area contributed by atoms with Gasteiger partial charge >= 0.3 is 5.97 Å². The summed E-state index contributed by atoms with van der Waals surface area (Å²) in [4.78, 5) is 23.0. The number of aromatic carboxylic acids is 1. The molecule has 0 bridgehead atoms. The summed E-state index contributed by atoms with van der Waals surface area (Å²) in [6, 6.07) is 9.28. The average molecular weight is 304 g/mol. The van der Waals surface area contributed by atoms with Gasteiger partial charge in [-0.15, -0.1) is 11.3 Å². The third-order valence-corrected chi connectivity index (χ3v) is 3.90. The molecular weight excluding hydrogens is 288 g/mol. The van der Waals surface area contributed by atoms with E-state index in [1.807, 2.05) is 24.3 Å². The molecular formula is C15H16N2O3S. The lowest BCUT2D eigenvalue weighted by Crippen LogP contribution is -2.19. The van der Waals surface area contributed by atoms with Gasteiger partial charge in [-0.3, -0.25) is 4.79 Å². The molecule has 1 heterocycles. The molecule has 0 aliphatic rings. The fraction of sp³-hybridized carbons (Fsp3) is 0.200. The van der Waals surface area contributed by atoms with E-state index >= 15 is 0 Å².